The zero-order valence-electron chi connectivity index (χ0n) is 14.2. The smallest absolute Gasteiger partial charge is 0.394 e. The molecule has 0 aromatic carbocycles. The first-order valence-electron chi connectivity index (χ1n) is 7.24. The molecule has 0 aliphatic heterocycles. The zero-order chi connectivity index (χ0) is 22.0. The van der Waals surface area contributed by atoms with Crippen LogP contribution in [0.2, 0.25) is 0 Å². The molecule has 0 saturated heterocycles. The highest BCUT2D eigenvalue weighted by Crippen LogP contribution is 2.45. The summed E-state index contributed by atoms with van der Waals surface area (Å²) in [6.07, 6.45) is -4.81. The molecule has 2 unspecified atom stereocenters. The van der Waals surface area contributed by atoms with E-state index in [0.29, 0.717) is 0 Å². The molecule has 0 aliphatic carbocycles. The van der Waals surface area contributed by atoms with Crippen LogP contribution in [0.25, 0.3) is 0 Å². The molecule has 0 heterocycles. The second kappa shape index (κ2) is 12.8. The minimum Gasteiger partial charge on any atom is -0.394 e. The maximum absolute atomic E-state index is 11.5. The lowest BCUT2D eigenvalue weighted by molar-refractivity contribution is 0.00696. The molecule has 0 aromatic rings. The van der Waals surface area contributed by atoms with Crippen LogP contribution >= 0.6 is 23.5 Å². The van der Waals surface area contributed by atoms with Crippen molar-refractivity contribution >= 4 is 23.5 Å². The highest BCUT2D eigenvalue weighted by atomic mass is 31.2. The summed E-state index contributed by atoms with van der Waals surface area (Å²) >= 11 is 0. The Bertz CT molecular complexity index is 578. The second-order valence-corrected chi connectivity index (χ2v) is 9.20. The van der Waals surface area contributed by atoms with Crippen molar-refractivity contribution in [2.24, 2.45) is 0 Å². The summed E-state index contributed by atoms with van der Waals surface area (Å²) in [5.41, 5.74) is 0. The molecule has 0 aromatic heterocycles. The highest BCUT2D eigenvalue weighted by Gasteiger charge is 2.28. The van der Waals surface area contributed by atoms with Crippen LogP contribution in [-0.2, 0) is 36.3 Å². The van der Waals surface area contributed by atoms with Crippen LogP contribution in [0.3, 0.4) is 0 Å². The van der Waals surface area contributed by atoms with Gasteiger partial charge in [-0.15, -0.1) is 0 Å². The third kappa shape index (κ3) is 16.0. The molecule has 0 spiro atoms. The lowest BCUT2D eigenvalue weighted by Gasteiger charge is -2.18. The van der Waals surface area contributed by atoms with E-state index in [0.717, 1.165) is 0 Å². The van der Waals surface area contributed by atoms with Gasteiger partial charge in [0, 0.05) is 0 Å². The Balaban J connectivity index is 4.17. The third-order valence-electron chi connectivity index (χ3n) is 2.37. The van der Waals surface area contributed by atoms with E-state index >= 15 is 0 Å². The molecule has 0 radical (unpaired) electrons. The Kier molecular flexibility index (Phi) is 12.8. The minimum atomic E-state index is -4.85. The van der Waals surface area contributed by atoms with Crippen molar-refractivity contribution in [3.8, 4) is 0 Å². The first-order valence-corrected chi connectivity index (χ1v) is 11.8. The number of hydrogen-bond donors (Lipinski definition) is 8. The Hall–Kier alpha value is 0.170. The normalized spacial score (nSPS) is 20.1. The van der Waals surface area contributed by atoms with E-state index in [2.05, 4.69) is 22.6 Å². The Morgan fingerprint density at radius 3 is 1.14 bits per heavy atom. The fraction of sp³-hybridized carbons (Fsp3) is 1.00. The molecular formula is C9H23O16P3. The molecule has 170 valence electrons. The Labute approximate surface area is 158 Å². The van der Waals surface area contributed by atoms with Crippen molar-refractivity contribution in [3.63, 3.8) is 0 Å². The summed E-state index contributed by atoms with van der Waals surface area (Å²) < 4.78 is 54.5. The SMILES string of the molecule is O=P(O)(O)OC[C@@H](O)COP(=O)(O)OC[C@@H](O)COP(=O)(O)OC[C@@H](O)CO. The van der Waals surface area contributed by atoms with Crippen molar-refractivity contribution in [2.45, 2.75) is 18.3 Å². The molecule has 5 atom stereocenters. The van der Waals surface area contributed by atoms with E-state index in [1.807, 2.05) is 0 Å². The molecule has 16 nitrogen and oxygen atoms in total. The summed E-state index contributed by atoms with van der Waals surface area (Å²) in [5, 5.41) is 36.2. The van der Waals surface area contributed by atoms with Gasteiger partial charge in [0.05, 0.1) is 39.6 Å². The van der Waals surface area contributed by atoms with E-state index in [1.165, 1.54) is 0 Å². The molecule has 0 amide bonds. The monoisotopic (exact) mass is 480 g/mol. The number of aliphatic hydroxyl groups is 4. The van der Waals surface area contributed by atoms with Crippen LogP contribution in [0.1, 0.15) is 0 Å². The van der Waals surface area contributed by atoms with E-state index in [1.54, 1.807) is 0 Å². The minimum absolute atomic E-state index is 0.732. The van der Waals surface area contributed by atoms with Crippen LogP contribution in [-0.4, -0.2) is 98.0 Å². The van der Waals surface area contributed by atoms with Crippen LogP contribution < -0.4 is 0 Å². The van der Waals surface area contributed by atoms with Crippen LogP contribution in [0.5, 0.6) is 0 Å². The average Bonchev–Trinajstić information content (AvgIpc) is 2.59. The fourth-order valence-corrected chi connectivity index (χ4v) is 3.08. The first-order chi connectivity index (χ1) is 12.7. The maximum Gasteiger partial charge on any atom is 0.472 e. The summed E-state index contributed by atoms with van der Waals surface area (Å²) in [7, 11) is -14.3. The van der Waals surface area contributed by atoms with E-state index in [4.69, 9.17) is 20.0 Å². The van der Waals surface area contributed by atoms with Gasteiger partial charge < -0.3 is 40.0 Å². The number of aliphatic hydroxyl groups excluding tert-OH is 4. The third-order valence-corrected chi connectivity index (χ3v) is 4.75. The molecule has 0 aliphatic rings. The number of phosphoric acid groups is 3. The number of rotatable bonds is 16. The van der Waals surface area contributed by atoms with E-state index in [-0.39, 0.29) is 0 Å². The lowest BCUT2D eigenvalue weighted by Crippen LogP contribution is -2.23. The van der Waals surface area contributed by atoms with Gasteiger partial charge in [-0.2, -0.15) is 0 Å². The molecule has 28 heavy (non-hydrogen) atoms. The lowest BCUT2D eigenvalue weighted by atomic mass is 10.4. The largest absolute Gasteiger partial charge is 0.472 e. The van der Waals surface area contributed by atoms with Gasteiger partial charge in [-0.1, -0.05) is 0 Å². The highest BCUT2D eigenvalue weighted by molar-refractivity contribution is 7.47. The van der Waals surface area contributed by atoms with Gasteiger partial charge in [0.15, 0.2) is 0 Å². The van der Waals surface area contributed by atoms with Gasteiger partial charge >= 0.3 is 23.5 Å². The standard InChI is InChI=1S/C9H23O16P3/c10-1-7(11)2-22-27(17,18)24-5-9(13)6-25-28(19,20)23-4-8(12)3-21-26(14,15)16/h7-13H,1-6H2,(H,17,18)(H,19,20)(H2,14,15,16)/t7-,8+,9-/m0/s1. The van der Waals surface area contributed by atoms with Crippen molar-refractivity contribution in [3.05, 3.63) is 0 Å². The second-order valence-electron chi connectivity index (χ2n) is 5.05. The Morgan fingerprint density at radius 1 is 0.571 bits per heavy atom. The molecule has 0 bridgehead atoms. The molecule has 0 fully saturated rings. The summed E-state index contributed by atoms with van der Waals surface area (Å²) in [5.74, 6) is 0. The van der Waals surface area contributed by atoms with Crippen molar-refractivity contribution < 1.29 is 76.3 Å². The van der Waals surface area contributed by atoms with Crippen molar-refractivity contribution in [1.29, 1.82) is 0 Å². The number of hydrogen-bond acceptors (Lipinski definition) is 12. The van der Waals surface area contributed by atoms with Gasteiger partial charge in [0.2, 0.25) is 0 Å². The van der Waals surface area contributed by atoms with Gasteiger partial charge in [-0.25, -0.2) is 13.7 Å². The fourth-order valence-electron chi connectivity index (χ4n) is 1.13. The van der Waals surface area contributed by atoms with Crippen LogP contribution in [0.15, 0.2) is 0 Å². The van der Waals surface area contributed by atoms with Crippen LogP contribution in [0.4, 0.5) is 0 Å². The summed E-state index contributed by atoms with van der Waals surface area (Å²) in [6, 6.07) is 0. The average molecular weight is 480 g/mol. The van der Waals surface area contributed by atoms with Gasteiger partial charge in [-0.3, -0.25) is 22.6 Å². The van der Waals surface area contributed by atoms with Gasteiger partial charge in [0.1, 0.15) is 18.3 Å². The Morgan fingerprint density at radius 2 is 0.857 bits per heavy atom. The van der Waals surface area contributed by atoms with Crippen molar-refractivity contribution in [2.75, 3.05) is 39.6 Å². The molecule has 8 N–H and O–H groups in total. The van der Waals surface area contributed by atoms with Crippen LogP contribution in [0, 0.1) is 0 Å². The topological polar surface area (TPSA) is 259 Å². The molecular weight excluding hydrogens is 457 g/mol. The van der Waals surface area contributed by atoms with Crippen molar-refractivity contribution in [1.82, 2.24) is 0 Å². The first kappa shape index (κ1) is 28.2. The quantitative estimate of drug-likeness (QED) is 0.106. The summed E-state index contributed by atoms with van der Waals surface area (Å²) in [6.45, 7) is -5.08. The van der Waals surface area contributed by atoms with Gasteiger partial charge in [-0.05, 0) is 0 Å². The van der Waals surface area contributed by atoms with E-state index in [9.17, 15) is 33.7 Å². The summed E-state index contributed by atoms with van der Waals surface area (Å²) in [4.78, 5) is 35.4. The molecule has 0 saturated carbocycles. The predicted octanol–water partition coefficient (Wildman–Crippen LogP) is -2.56. The molecule has 19 heteroatoms. The van der Waals surface area contributed by atoms with E-state index < -0.39 is 81.4 Å². The number of phosphoric ester groups is 3. The van der Waals surface area contributed by atoms with Gasteiger partial charge in [0.25, 0.3) is 0 Å². The maximum atomic E-state index is 11.5. The predicted molar refractivity (Wildman–Crippen MR) is 86.6 cm³/mol. The zero-order valence-corrected chi connectivity index (χ0v) is 16.8. The molecule has 0 rings (SSSR count).